The molecule has 5 heteroatoms. The van der Waals surface area contributed by atoms with E-state index in [0.29, 0.717) is 24.1 Å². The van der Waals surface area contributed by atoms with Crippen LogP contribution in [0.1, 0.15) is 30.1 Å². The maximum atomic E-state index is 11.2. The van der Waals surface area contributed by atoms with Crippen LogP contribution >= 0.6 is 0 Å². The summed E-state index contributed by atoms with van der Waals surface area (Å²) < 4.78 is 0. The third-order valence-corrected chi connectivity index (χ3v) is 3.64. The van der Waals surface area contributed by atoms with Crippen LogP contribution < -0.4 is 16.4 Å². The van der Waals surface area contributed by atoms with Crippen LogP contribution in [0.15, 0.2) is 18.3 Å². The van der Waals surface area contributed by atoms with Crippen molar-refractivity contribution in [1.82, 2.24) is 4.98 Å². The molecule has 1 aromatic rings. The minimum Gasteiger partial charge on any atom is -0.366 e. The molecule has 18 heavy (non-hydrogen) atoms. The van der Waals surface area contributed by atoms with Gasteiger partial charge < -0.3 is 16.4 Å². The summed E-state index contributed by atoms with van der Waals surface area (Å²) in [6.45, 7) is 3.76. The van der Waals surface area contributed by atoms with E-state index in [-0.39, 0.29) is 0 Å². The van der Waals surface area contributed by atoms with Gasteiger partial charge in [0.05, 0.1) is 0 Å². The quantitative estimate of drug-likeness (QED) is 0.826. The Labute approximate surface area is 107 Å². The Bertz CT molecular complexity index is 435. The molecule has 1 amide bonds. The highest BCUT2D eigenvalue weighted by Crippen LogP contribution is 2.26. The molecule has 1 aromatic heterocycles. The van der Waals surface area contributed by atoms with Gasteiger partial charge in [0, 0.05) is 24.3 Å². The molecule has 4 N–H and O–H groups in total. The summed E-state index contributed by atoms with van der Waals surface area (Å²) in [5.74, 6) is 0.899. The van der Waals surface area contributed by atoms with Crippen LogP contribution in [0.5, 0.6) is 0 Å². The summed E-state index contributed by atoms with van der Waals surface area (Å²) in [4.78, 5) is 17.8. The first-order valence-corrected chi connectivity index (χ1v) is 6.34. The Balaban J connectivity index is 2.23. The molecule has 2 unspecified atom stereocenters. The second-order valence-electron chi connectivity index (χ2n) is 4.95. The monoisotopic (exact) mass is 248 g/mol. The van der Waals surface area contributed by atoms with E-state index in [0.717, 1.165) is 25.2 Å². The lowest BCUT2D eigenvalue weighted by molar-refractivity contribution is 0.1000. The molecule has 0 saturated carbocycles. The minimum absolute atomic E-state index is 0.418. The van der Waals surface area contributed by atoms with Crippen molar-refractivity contribution < 1.29 is 4.79 Å². The van der Waals surface area contributed by atoms with E-state index < -0.39 is 5.91 Å². The molecule has 1 aliphatic heterocycles. The number of nitrogens with zero attached hydrogens (tertiary/aromatic N) is 2. The van der Waals surface area contributed by atoms with Crippen LogP contribution in [0.2, 0.25) is 0 Å². The van der Waals surface area contributed by atoms with Crippen LogP contribution in [-0.2, 0) is 0 Å². The van der Waals surface area contributed by atoms with E-state index >= 15 is 0 Å². The zero-order chi connectivity index (χ0) is 13.1. The highest BCUT2D eigenvalue weighted by molar-refractivity contribution is 5.93. The predicted octanol–water partition coefficient (Wildman–Crippen LogP) is 0.744. The van der Waals surface area contributed by atoms with Crippen molar-refractivity contribution >= 4 is 11.7 Å². The number of piperidine rings is 1. The molecule has 0 aromatic carbocycles. The highest BCUT2D eigenvalue weighted by atomic mass is 16.1. The first-order chi connectivity index (χ1) is 8.61. The normalized spacial score (nSPS) is 24.0. The molecular formula is C13H20N4O. The van der Waals surface area contributed by atoms with Crippen molar-refractivity contribution in [1.29, 1.82) is 0 Å². The fourth-order valence-electron chi connectivity index (χ4n) is 2.42. The molecule has 98 valence electrons. The summed E-state index contributed by atoms with van der Waals surface area (Å²) in [7, 11) is 0. The van der Waals surface area contributed by atoms with Crippen molar-refractivity contribution in [3.8, 4) is 0 Å². The number of rotatable bonds is 3. The van der Waals surface area contributed by atoms with Gasteiger partial charge in [-0.25, -0.2) is 4.98 Å². The van der Waals surface area contributed by atoms with Gasteiger partial charge in [-0.05, 0) is 44.4 Å². The lowest BCUT2D eigenvalue weighted by atomic mass is 9.93. The van der Waals surface area contributed by atoms with Crippen molar-refractivity contribution in [3.63, 3.8) is 0 Å². The number of pyridine rings is 1. The molecule has 0 aliphatic carbocycles. The Morgan fingerprint density at radius 2 is 2.33 bits per heavy atom. The lowest BCUT2D eigenvalue weighted by Crippen LogP contribution is -2.44. The number of carbonyl (C=O) groups is 1. The molecule has 5 nitrogen and oxygen atoms in total. The molecule has 1 aliphatic rings. The topological polar surface area (TPSA) is 85.2 Å². The largest absolute Gasteiger partial charge is 0.366 e. The molecule has 1 saturated heterocycles. The van der Waals surface area contributed by atoms with Crippen molar-refractivity contribution in [2.45, 2.75) is 25.8 Å². The van der Waals surface area contributed by atoms with E-state index in [2.05, 4.69) is 16.8 Å². The number of nitrogens with two attached hydrogens (primary N) is 2. The van der Waals surface area contributed by atoms with Crippen LogP contribution in [-0.4, -0.2) is 30.0 Å². The van der Waals surface area contributed by atoms with E-state index in [1.54, 1.807) is 18.3 Å². The van der Waals surface area contributed by atoms with E-state index in [9.17, 15) is 4.79 Å². The smallest absolute Gasteiger partial charge is 0.248 e. The number of amides is 1. The maximum Gasteiger partial charge on any atom is 0.248 e. The minimum atomic E-state index is -0.418. The van der Waals surface area contributed by atoms with Gasteiger partial charge in [-0.3, -0.25) is 4.79 Å². The van der Waals surface area contributed by atoms with Gasteiger partial charge in [0.15, 0.2) is 0 Å². The lowest BCUT2D eigenvalue weighted by Gasteiger charge is -2.38. The van der Waals surface area contributed by atoms with Crippen molar-refractivity contribution in [2.24, 2.45) is 17.4 Å². The predicted molar refractivity (Wildman–Crippen MR) is 71.3 cm³/mol. The van der Waals surface area contributed by atoms with Gasteiger partial charge in [0.2, 0.25) is 5.91 Å². The third-order valence-electron chi connectivity index (χ3n) is 3.64. The second kappa shape index (κ2) is 5.35. The Hall–Kier alpha value is -1.62. The fraction of sp³-hybridized carbons (Fsp3) is 0.538. The van der Waals surface area contributed by atoms with E-state index in [1.165, 1.54) is 0 Å². The average Bonchev–Trinajstić information content (AvgIpc) is 2.39. The number of hydrogen-bond acceptors (Lipinski definition) is 4. The van der Waals surface area contributed by atoms with Crippen LogP contribution in [0, 0.1) is 5.92 Å². The summed E-state index contributed by atoms with van der Waals surface area (Å²) >= 11 is 0. The number of aromatic nitrogens is 1. The SMILES string of the molecule is CC1CCC(CN)CN1c1cc(C(N)=O)ccn1. The van der Waals surface area contributed by atoms with Crippen molar-refractivity contribution in [3.05, 3.63) is 23.9 Å². The molecule has 2 atom stereocenters. The maximum absolute atomic E-state index is 11.2. The van der Waals surface area contributed by atoms with Crippen LogP contribution in [0.3, 0.4) is 0 Å². The van der Waals surface area contributed by atoms with Gasteiger partial charge in [-0.1, -0.05) is 0 Å². The Morgan fingerprint density at radius 3 is 3.00 bits per heavy atom. The zero-order valence-corrected chi connectivity index (χ0v) is 10.7. The van der Waals surface area contributed by atoms with Crippen LogP contribution in [0.25, 0.3) is 0 Å². The summed E-state index contributed by atoms with van der Waals surface area (Å²) in [5.41, 5.74) is 11.5. The van der Waals surface area contributed by atoms with Gasteiger partial charge >= 0.3 is 0 Å². The van der Waals surface area contributed by atoms with Gasteiger partial charge in [0.1, 0.15) is 5.82 Å². The summed E-state index contributed by atoms with van der Waals surface area (Å²) in [6, 6.07) is 3.82. The Kier molecular flexibility index (Phi) is 3.81. The zero-order valence-electron chi connectivity index (χ0n) is 10.7. The van der Waals surface area contributed by atoms with Crippen molar-refractivity contribution in [2.75, 3.05) is 18.0 Å². The number of anilines is 1. The van der Waals surface area contributed by atoms with Gasteiger partial charge in [-0.2, -0.15) is 0 Å². The van der Waals surface area contributed by atoms with E-state index in [4.69, 9.17) is 11.5 Å². The second-order valence-corrected chi connectivity index (χ2v) is 4.95. The van der Waals surface area contributed by atoms with Gasteiger partial charge in [0.25, 0.3) is 0 Å². The first kappa shape index (κ1) is 12.8. The molecular weight excluding hydrogens is 228 g/mol. The molecule has 2 heterocycles. The first-order valence-electron chi connectivity index (χ1n) is 6.34. The summed E-state index contributed by atoms with van der Waals surface area (Å²) in [6.07, 6.45) is 3.89. The van der Waals surface area contributed by atoms with Crippen LogP contribution in [0.4, 0.5) is 5.82 Å². The molecule has 2 rings (SSSR count). The standard InChI is InChI=1S/C13H20N4O/c1-9-2-3-10(7-14)8-17(9)12-6-11(13(15)18)4-5-16-12/h4-6,9-10H,2-3,7-8,14H2,1H3,(H2,15,18). The fourth-order valence-corrected chi connectivity index (χ4v) is 2.42. The Morgan fingerprint density at radius 1 is 1.56 bits per heavy atom. The molecule has 1 fully saturated rings. The molecule has 0 bridgehead atoms. The number of hydrogen-bond donors (Lipinski definition) is 2. The average molecular weight is 248 g/mol. The third kappa shape index (κ3) is 2.61. The number of primary amides is 1. The summed E-state index contributed by atoms with van der Waals surface area (Å²) in [5, 5.41) is 0. The highest BCUT2D eigenvalue weighted by Gasteiger charge is 2.25. The van der Waals surface area contributed by atoms with E-state index in [1.807, 2.05) is 0 Å². The van der Waals surface area contributed by atoms with Gasteiger partial charge in [-0.15, -0.1) is 0 Å². The molecule has 0 spiro atoms. The molecule has 0 radical (unpaired) electrons. The number of carbonyl (C=O) groups excluding carboxylic acids is 1.